The van der Waals surface area contributed by atoms with Crippen LogP contribution >= 0.6 is 0 Å². The molecule has 0 bridgehead atoms. The van der Waals surface area contributed by atoms with Crippen molar-refractivity contribution in [2.45, 2.75) is 77.2 Å². The first-order chi connectivity index (χ1) is 15.3. The van der Waals surface area contributed by atoms with Gasteiger partial charge in [0, 0.05) is 12.1 Å². The third-order valence-corrected chi connectivity index (χ3v) is 9.86. The molecule has 6 heteroatoms. The van der Waals surface area contributed by atoms with Crippen LogP contribution in [0.4, 0.5) is 11.4 Å². The van der Waals surface area contributed by atoms with E-state index in [0.717, 1.165) is 43.4 Å². The molecular formula is C26H38N4O2. The van der Waals surface area contributed by atoms with Crippen LogP contribution in [0.25, 0.3) is 0 Å². The molecule has 174 valence electrons. The Hall–Kier alpha value is -1.82. The lowest BCUT2D eigenvalue weighted by molar-refractivity contribution is -0.131. The Morgan fingerprint density at radius 3 is 2.75 bits per heavy atom. The summed E-state index contributed by atoms with van der Waals surface area (Å²) < 4.78 is 0. The van der Waals surface area contributed by atoms with Crippen LogP contribution in [-0.2, 0) is 4.79 Å². The summed E-state index contributed by atoms with van der Waals surface area (Å²) in [5.41, 5.74) is 6.60. The molecule has 0 aliphatic heterocycles. The summed E-state index contributed by atoms with van der Waals surface area (Å²) >= 11 is 0. The number of aliphatic hydroxyl groups is 1. The van der Waals surface area contributed by atoms with Crippen molar-refractivity contribution in [1.82, 2.24) is 4.98 Å². The van der Waals surface area contributed by atoms with Gasteiger partial charge in [-0.3, -0.25) is 9.78 Å². The number of azo groups is 1. The molecule has 5 rings (SSSR count). The van der Waals surface area contributed by atoms with Crippen molar-refractivity contribution in [2.24, 2.45) is 51.2 Å². The number of aromatic nitrogens is 1. The maximum atomic E-state index is 13.2. The van der Waals surface area contributed by atoms with Crippen molar-refractivity contribution >= 4 is 17.2 Å². The topological polar surface area (TPSA) is 101 Å². The van der Waals surface area contributed by atoms with Gasteiger partial charge in [0.1, 0.15) is 12.2 Å². The highest BCUT2D eigenvalue weighted by atomic mass is 16.3. The number of nitrogens with zero attached hydrogens (tertiary/aromatic N) is 3. The molecule has 0 saturated heterocycles. The SMILES string of the molecule is C[C@@]1(O)CC[C@H]2[C@@H](CC[C@@H]3[C@@H]2CC[C@]2(C)[C@@H](C(=O)CN=Nc4cnccc4N)CC[C@@H]32)C1. The minimum absolute atomic E-state index is 0.100. The number of pyridine rings is 1. The second kappa shape index (κ2) is 8.19. The lowest BCUT2D eigenvalue weighted by Crippen LogP contribution is -2.51. The van der Waals surface area contributed by atoms with Gasteiger partial charge >= 0.3 is 0 Å². The van der Waals surface area contributed by atoms with Gasteiger partial charge in [-0.05, 0) is 106 Å². The summed E-state index contributed by atoms with van der Waals surface area (Å²) in [5, 5.41) is 18.9. The van der Waals surface area contributed by atoms with Crippen LogP contribution in [0.3, 0.4) is 0 Å². The van der Waals surface area contributed by atoms with E-state index >= 15 is 0 Å². The molecule has 8 atom stereocenters. The zero-order valence-electron chi connectivity index (χ0n) is 19.5. The van der Waals surface area contributed by atoms with Gasteiger partial charge in [0.15, 0.2) is 5.78 Å². The van der Waals surface area contributed by atoms with Crippen molar-refractivity contribution in [1.29, 1.82) is 0 Å². The number of anilines is 1. The average Bonchev–Trinajstić information content (AvgIpc) is 3.11. The highest BCUT2D eigenvalue weighted by Crippen LogP contribution is 2.64. The Morgan fingerprint density at radius 2 is 1.94 bits per heavy atom. The first-order valence-electron chi connectivity index (χ1n) is 12.6. The average molecular weight is 439 g/mol. The molecular weight excluding hydrogens is 400 g/mol. The van der Waals surface area contributed by atoms with E-state index in [1.54, 1.807) is 18.5 Å². The molecule has 1 heterocycles. The molecule has 6 nitrogen and oxygen atoms in total. The van der Waals surface area contributed by atoms with E-state index in [0.29, 0.717) is 23.2 Å². The quantitative estimate of drug-likeness (QED) is 0.620. The zero-order chi connectivity index (χ0) is 22.5. The summed E-state index contributed by atoms with van der Waals surface area (Å²) in [6, 6.07) is 1.69. The second-order valence-corrected chi connectivity index (χ2v) is 11.6. The van der Waals surface area contributed by atoms with Gasteiger partial charge in [-0.1, -0.05) is 6.92 Å². The monoisotopic (exact) mass is 438 g/mol. The van der Waals surface area contributed by atoms with Crippen LogP contribution in [0.1, 0.15) is 71.6 Å². The van der Waals surface area contributed by atoms with Gasteiger partial charge < -0.3 is 10.8 Å². The number of carbonyl (C=O) groups excluding carboxylic acids is 1. The fourth-order valence-corrected chi connectivity index (χ4v) is 8.38. The van der Waals surface area contributed by atoms with Crippen LogP contribution in [-0.4, -0.2) is 28.0 Å². The molecule has 4 fully saturated rings. The van der Waals surface area contributed by atoms with Crippen molar-refractivity contribution in [2.75, 3.05) is 12.3 Å². The fourth-order valence-electron chi connectivity index (χ4n) is 8.38. The zero-order valence-corrected chi connectivity index (χ0v) is 19.5. The molecule has 0 aromatic carbocycles. The van der Waals surface area contributed by atoms with Gasteiger partial charge in [0.25, 0.3) is 0 Å². The first kappa shape index (κ1) is 22.0. The Morgan fingerprint density at radius 1 is 1.12 bits per heavy atom. The van der Waals surface area contributed by atoms with E-state index in [1.807, 2.05) is 6.92 Å². The summed E-state index contributed by atoms with van der Waals surface area (Å²) in [4.78, 5) is 17.2. The molecule has 0 amide bonds. The van der Waals surface area contributed by atoms with E-state index in [4.69, 9.17) is 5.73 Å². The molecule has 32 heavy (non-hydrogen) atoms. The number of hydrogen-bond donors (Lipinski definition) is 2. The van der Waals surface area contributed by atoms with Crippen molar-refractivity contribution in [3.05, 3.63) is 18.5 Å². The summed E-state index contributed by atoms with van der Waals surface area (Å²) in [5.74, 6) is 4.03. The number of carbonyl (C=O) groups is 1. The van der Waals surface area contributed by atoms with E-state index in [1.165, 1.54) is 32.1 Å². The first-order valence-corrected chi connectivity index (χ1v) is 12.6. The van der Waals surface area contributed by atoms with Crippen LogP contribution < -0.4 is 5.73 Å². The second-order valence-electron chi connectivity index (χ2n) is 11.6. The van der Waals surface area contributed by atoms with Crippen molar-refractivity contribution in [3.8, 4) is 0 Å². The molecule has 0 radical (unpaired) electrons. The normalized spacial score (nSPS) is 43.5. The lowest BCUT2D eigenvalue weighted by atomic mass is 9.49. The molecule has 0 unspecified atom stereocenters. The minimum Gasteiger partial charge on any atom is -0.397 e. The number of nitrogen functional groups attached to an aromatic ring is 1. The highest BCUT2D eigenvalue weighted by molar-refractivity contribution is 5.84. The Kier molecular flexibility index (Phi) is 5.63. The highest BCUT2D eigenvalue weighted by Gasteiger charge is 2.58. The molecule has 3 N–H and O–H groups in total. The van der Waals surface area contributed by atoms with Gasteiger partial charge in [-0.2, -0.15) is 10.2 Å². The summed E-state index contributed by atoms with van der Waals surface area (Å²) in [6.45, 7) is 4.55. The minimum atomic E-state index is -0.461. The number of fused-ring (bicyclic) bond motifs is 5. The predicted molar refractivity (Wildman–Crippen MR) is 124 cm³/mol. The summed E-state index contributed by atoms with van der Waals surface area (Å²) in [6.07, 6.45) is 13.4. The van der Waals surface area contributed by atoms with Crippen LogP contribution in [0.15, 0.2) is 28.7 Å². The molecule has 0 spiro atoms. The number of rotatable bonds is 4. The summed E-state index contributed by atoms with van der Waals surface area (Å²) in [7, 11) is 0. The fraction of sp³-hybridized carbons (Fsp3) is 0.769. The van der Waals surface area contributed by atoms with Crippen LogP contribution in [0, 0.1) is 40.9 Å². The predicted octanol–water partition coefficient (Wildman–Crippen LogP) is 5.34. The number of nitrogens with two attached hydrogens (primary N) is 1. The van der Waals surface area contributed by atoms with Crippen molar-refractivity contribution < 1.29 is 9.90 Å². The van der Waals surface area contributed by atoms with E-state index < -0.39 is 5.60 Å². The standard InChI is InChI=1S/C26H38N4O2/c1-25(32)10-7-17-16(13-25)3-4-19-18(17)8-11-26(2)20(19)5-6-21(26)24(31)15-29-30-23-14-28-12-9-22(23)27/h9,12,14,16-21,32H,3-8,10-11,13,15H2,1-2H3,(H2,27,28)/t16-,17-,18+,19+,20-,21+,25+,26-/m0/s1. The molecule has 1 aromatic rings. The Labute approximate surface area is 191 Å². The molecule has 4 aliphatic carbocycles. The number of Topliss-reactive ketones (excluding diaryl/α,β-unsaturated/α-hetero) is 1. The Bertz CT molecular complexity index is 900. The lowest BCUT2D eigenvalue weighted by Gasteiger charge is -2.56. The van der Waals surface area contributed by atoms with E-state index in [9.17, 15) is 9.90 Å². The van der Waals surface area contributed by atoms with E-state index in [-0.39, 0.29) is 23.7 Å². The third kappa shape index (κ3) is 3.78. The largest absolute Gasteiger partial charge is 0.397 e. The van der Waals surface area contributed by atoms with Gasteiger partial charge in [0.05, 0.1) is 17.5 Å². The van der Waals surface area contributed by atoms with Gasteiger partial charge in [-0.25, -0.2) is 0 Å². The number of hydrogen-bond acceptors (Lipinski definition) is 6. The van der Waals surface area contributed by atoms with Gasteiger partial charge in [-0.15, -0.1) is 0 Å². The molecule has 1 aromatic heterocycles. The molecule has 4 aliphatic rings. The smallest absolute Gasteiger partial charge is 0.159 e. The third-order valence-electron chi connectivity index (χ3n) is 9.86. The number of ketones is 1. The van der Waals surface area contributed by atoms with Crippen LogP contribution in [0.5, 0.6) is 0 Å². The Balaban J connectivity index is 1.26. The van der Waals surface area contributed by atoms with Crippen LogP contribution in [0.2, 0.25) is 0 Å². The van der Waals surface area contributed by atoms with Gasteiger partial charge in [0.2, 0.25) is 0 Å². The maximum Gasteiger partial charge on any atom is 0.159 e. The van der Waals surface area contributed by atoms with Crippen molar-refractivity contribution in [3.63, 3.8) is 0 Å². The maximum absolute atomic E-state index is 13.2. The molecule has 4 saturated carbocycles. The van der Waals surface area contributed by atoms with E-state index in [2.05, 4.69) is 22.1 Å².